The lowest BCUT2D eigenvalue weighted by Crippen LogP contribution is -2.12. The molecule has 0 spiro atoms. The second kappa shape index (κ2) is 4.00. The minimum absolute atomic E-state index is 0.894. The smallest absolute Gasteiger partial charge is 0.428 e. The Balaban J connectivity index is 4.82. The molecule has 0 aliphatic rings. The van der Waals surface area contributed by atoms with Crippen molar-refractivity contribution >= 4 is 29.2 Å². The average molecular weight is 223 g/mol. The molecule has 0 aromatic carbocycles. The van der Waals surface area contributed by atoms with Crippen LogP contribution in [0.15, 0.2) is 10.1 Å². The largest absolute Gasteiger partial charge is 0.465 e. The molecule has 0 aromatic rings. The Hall–Kier alpha value is -0.420. The Morgan fingerprint density at radius 1 is 1.33 bits per heavy atom. The topological polar surface area (TPSA) is 26.3 Å². The molecule has 0 saturated carbocycles. The molecule has 0 radical (unpaired) electrons. The van der Waals surface area contributed by atoms with Gasteiger partial charge in [-0.25, -0.2) is 4.79 Å². The number of hydrogen-bond acceptors (Lipinski definition) is 2. The maximum absolute atomic E-state index is 11.7. The van der Waals surface area contributed by atoms with E-state index in [1.165, 1.54) is 0 Å². The standard InChI is InChI=1S/C5H3Cl2F3O2/c1-12-4(11)2(6)3(7)5(8,9)10/h1H3/b3-2+. The van der Waals surface area contributed by atoms with Gasteiger partial charge in [0.25, 0.3) is 0 Å². The zero-order valence-electron chi connectivity index (χ0n) is 5.71. The predicted octanol–water partition coefficient (Wildman–Crippen LogP) is 2.41. The number of hydrogen-bond donors (Lipinski definition) is 0. The second-order valence-corrected chi connectivity index (χ2v) is 2.37. The van der Waals surface area contributed by atoms with E-state index in [0.29, 0.717) is 0 Å². The molecule has 0 aromatic heterocycles. The van der Waals surface area contributed by atoms with Gasteiger partial charge in [-0.3, -0.25) is 0 Å². The van der Waals surface area contributed by atoms with Gasteiger partial charge in [0.15, 0.2) is 0 Å². The fourth-order valence-corrected chi connectivity index (χ4v) is 0.565. The van der Waals surface area contributed by atoms with E-state index in [4.69, 9.17) is 23.2 Å². The molecule has 0 unspecified atom stereocenters. The molecule has 0 aliphatic carbocycles. The van der Waals surface area contributed by atoms with E-state index in [1.54, 1.807) is 0 Å². The summed E-state index contributed by atoms with van der Waals surface area (Å²) in [5, 5.41) is -2.86. The number of methoxy groups -OCH3 is 1. The number of esters is 1. The van der Waals surface area contributed by atoms with Crippen molar-refractivity contribution < 1.29 is 22.7 Å². The quantitative estimate of drug-likeness (QED) is 0.504. The van der Waals surface area contributed by atoms with Crippen LogP contribution in [0.4, 0.5) is 13.2 Å². The number of rotatable bonds is 1. The highest BCUT2D eigenvalue weighted by Gasteiger charge is 2.37. The van der Waals surface area contributed by atoms with Crippen molar-refractivity contribution in [2.24, 2.45) is 0 Å². The zero-order valence-corrected chi connectivity index (χ0v) is 7.22. The summed E-state index contributed by atoms with van der Waals surface area (Å²) >= 11 is 9.62. The molecule has 0 amide bonds. The van der Waals surface area contributed by atoms with Crippen molar-refractivity contribution in [1.29, 1.82) is 0 Å². The summed E-state index contributed by atoms with van der Waals surface area (Å²) < 4.78 is 39.1. The van der Waals surface area contributed by atoms with Gasteiger partial charge in [-0.05, 0) is 0 Å². The fraction of sp³-hybridized carbons (Fsp3) is 0.400. The summed E-state index contributed by atoms with van der Waals surface area (Å²) in [6.07, 6.45) is -4.83. The monoisotopic (exact) mass is 222 g/mol. The number of ether oxygens (including phenoxy) is 1. The van der Waals surface area contributed by atoms with Crippen LogP contribution in [0.25, 0.3) is 0 Å². The zero-order chi connectivity index (χ0) is 9.94. The van der Waals surface area contributed by atoms with Crippen LogP contribution in [0.3, 0.4) is 0 Å². The lowest BCUT2D eigenvalue weighted by Gasteiger charge is -2.05. The van der Waals surface area contributed by atoms with Crippen LogP contribution < -0.4 is 0 Å². The van der Waals surface area contributed by atoms with E-state index in [9.17, 15) is 18.0 Å². The van der Waals surface area contributed by atoms with Crippen LogP contribution in [-0.2, 0) is 9.53 Å². The minimum Gasteiger partial charge on any atom is -0.465 e. The summed E-state index contributed by atoms with van der Waals surface area (Å²) in [7, 11) is 0.894. The van der Waals surface area contributed by atoms with Crippen LogP contribution in [0.2, 0.25) is 0 Å². The van der Waals surface area contributed by atoms with E-state index in [-0.39, 0.29) is 0 Å². The fourth-order valence-electron chi connectivity index (χ4n) is 0.304. The summed E-state index contributed by atoms with van der Waals surface area (Å²) in [5.74, 6) is -1.32. The number of halogens is 5. The normalized spacial score (nSPS) is 13.8. The number of alkyl halides is 3. The summed E-state index contributed by atoms with van der Waals surface area (Å²) in [5.41, 5.74) is 0. The first-order chi connectivity index (χ1) is 5.30. The number of allylic oxidation sites excluding steroid dienone is 1. The summed E-state index contributed by atoms with van der Waals surface area (Å²) in [6, 6.07) is 0. The summed E-state index contributed by atoms with van der Waals surface area (Å²) in [6.45, 7) is 0. The number of carbonyl (C=O) groups excluding carboxylic acids is 1. The SMILES string of the molecule is COC(=O)/C(Cl)=C(\Cl)C(F)(F)F. The third kappa shape index (κ3) is 2.91. The van der Waals surface area contributed by atoms with Gasteiger partial charge in [0.05, 0.1) is 7.11 Å². The van der Waals surface area contributed by atoms with Crippen molar-refractivity contribution in [3.8, 4) is 0 Å². The van der Waals surface area contributed by atoms with E-state index in [1.807, 2.05) is 0 Å². The predicted molar refractivity (Wildman–Crippen MR) is 36.8 cm³/mol. The number of carbonyl (C=O) groups is 1. The molecule has 0 aliphatic heterocycles. The molecular weight excluding hydrogens is 220 g/mol. The Morgan fingerprint density at radius 2 is 1.75 bits per heavy atom. The minimum atomic E-state index is -4.83. The van der Waals surface area contributed by atoms with Gasteiger partial charge in [0, 0.05) is 0 Å². The van der Waals surface area contributed by atoms with Crippen molar-refractivity contribution in [2.45, 2.75) is 6.18 Å². The van der Waals surface area contributed by atoms with Gasteiger partial charge in [0.2, 0.25) is 0 Å². The van der Waals surface area contributed by atoms with Crippen molar-refractivity contribution in [3.05, 3.63) is 10.1 Å². The highest BCUT2D eigenvalue weighted by Crippen LogP contribution is 2.32. The highest BCUT2D eigenvalue weighted by molar-refractivity contribution is 6.47. The Bertz CT molecular complexity index is 221. The molecule has 70 valence electrons. The Kier molecular flexibility index (Phi) is 3.86. The second-order valence-electron chi connectivity index (χ2n) is 1.62. The molecule has 0 N–H and O–H groups in total. The van der Waals surface area contributed by atoms with Gasteiger partial charge in [-0.15, -0.1) is 0 Å². The van der Waals surface area contributed by atoms with E-state index >= 15 is 0 Å². The molecule has 0 bridgehead atoms. The van der Waals surface area contributed by atoms with Crippen LogP contribution >= 0.6 is 23.2 Å². The first-order valence-electron chi connectivity index (χ1n) is 2.51. The molecule has 0 rings (SSSR count). The van der Waals surface area contributed by atoms with Gasteiger partial charge >= 0.3 is 12.1 Å². The molecule has 0 atom stereocenters. The third-order valence-corrected chi connectivity index (χ3v) is 1.65. The third-order valence-electron chi connectivity index (χ3n) is 0.806. The molecule has 7 heteroatoms. The van der Waals surface area contributed by atoms with Crippen molar-refractivity contribution in [1.82, 2.24) is 0 Å². The van der Waals surface area contributed by atoms with Crippen LogP contribution in [-0.4, -0.2) is 19.3 Å². The lowest BCUT2D eigenvalue weighted by molar-refractivity contribution is -0.136. The van der Waals surface area contributed by atoms with Gasteiger partial charge in [0.1, 0.15) is 10.1 Å². The Morgan fingerprint density at radius 3 is 2.00 bits per heavy atom. The van der Waals surface area contributed by atoms with E-state index < -0.39 is 22.2 Å². The van der Waals surface area contributed by atoms with Gasteiger partial charge in [-0.2, -0.15) is 13.2 Å². The van der Waals surface area contributed by atoms with E-state index in [2.05, 4.69) is 4.74 Å². The van der Waals surface area contributed by atoms with Crippen molar-refractivity contribution in [3.63, 3.8) is 0 Å². The molecule has 2 nitrogen and oxygen atoms in total. The molecular formula is C5H3Cl2F3O2. The average Bonchev–Trinajstić information content (AvgIpc) is 1.98. The molecule has 0 heterocycles. The van der Waals surface area contributed by atoms with Crippen molar-refractivity contribution in [2.75, 3.05) is 7.11 Å². The highest BCUT2D eigenvalue weighted by atomic mass is 35.5. The first kappa shape index (κ1) is 11.6. The van der Waals surface area contributed by atoms with Gasteiger partial charge < -0.3 is 4.74 Å². The molecule has 0 fully saturated rings. The van der Waals surface area contributed by atoms with Gasteiger partial charge in [-0.1, -0.05) is 23.2 Å². The summed E-state index contributed by atoms with van der Waals surface area (Å²) in [4.78, 5) is 10.4. The maximum Gasteiger partial charge on any atom is 0.428 e. The van der Waals surface area contributed by atoms with Crippen LogP contribution in [0.5, 0.6) is 0 Å². The Labute approximate surface area is 75.9 Å². The van der Waals surface area contributed by atoms with Crippen LogP contribution in [0, 0.1) is 0 Å². The van der Waals surface area contributed by atoms with Crippen LogP contribution in [0.1, 0.15) is 0 Å². The lowest BCUT2D eigenvalue weighted by atomic mass is 10.5. The molecule has 0 saturated heterocycles. The van der Waals surface area contributed by atoms with E-state index in [0.717, 1.165) is 7.11 Å². The first-order valence-corrected chi connectivity index (χ1v) is 3.27. The molecule has 12 heavy (non-hydrogen) atoms. The maximum atomic E-state index is 11.7.